The number of nitrogens with zero attached hydrogens (tertiary/aromatic N) is 1. The summed E-state index contributed by atoms with van der Waals surface area (Å²) in [6.45, 7) is 3.98. The number of carbonyl (C=O) groups is 2. The molecule has 1 aromatic carbocycles. The molecule has 1 heterocycles. The van der Waals surface area contributed by atoms with Gasteiger partial charge in [-0.1, -0.05) is 13.8 Å². The highest BCUT2D eigenvalue weighted by atomic mass is 32.2. The van der Waals surface area contributed by atoms with E-state index in [4.69, 9.17) is 5.73 Å². The van der Waals surface area contributed by atoms with Gasteiger partial charge in [-0.2, -0.15) is 0 Å². The largest absolute Gasteiger partial charge is 0.480 e. The fourth-order valence-electron chi connectivity index (χ4n) is 2.26. The Balaban J connectivity index is 2.31. The number of hydrogen-bond acceptors (Lipinski definition) is 4. The number of aliphatic carboxylic acids is 1. The lowest BCUT2D eigenvalue weighted by Gasteiger charge is -2.29. The number of thioether (sulfide) groups is 1. The molecule has 0 aliphatic carbocycles. The monoisotopic (exact) mass is 294 g/mol. The third-order valence-electron chi connectivity index (χ3n) is 3.28. The van der Waals surface area contributed by atoms with E-state index in [0.29, 0.717) is 17.0 Å². The van der Waals surface area contributed by atoms with E-state index >= 15 is 0 Å². The summed E-state index contributed by atoms with van der Waals surface area (Å²) in [5, 5.41) is 9.19. The van der Waals surface area contributed by atoms with Gasteiger partial charge in [-0.25, -0.2) is 4.79 Å². The van der Waals surface area contributed by atoms with Crippen LogP contribution in [0.1, 0.15) is 24.2 Å². The van der Waals surface area contributed by atoms with Gasteiger partial charge in [0.05, 0.1) is 5.37 Å². The van der Waals surface area contributed by atoms with Crippen molar-refractivity contribution in [1.29, 1.82) is 0 Å². The van der Waals surface area contributed by atoms with Crippen LogP contribution in [0.5, 0.6) is 0 Å². The molecular weight excluding hydrogens is 276 g/mol. The number of amides is 1. The Labute approximate surface area is 122 Å². The average molecular weight is 294 g/mol. The maximum Gasteiger partial charge on any atom is 0.327 e. The number of rotatable bonds is 3. The van der Waals surface area contributed by atoms with E-state index in [2.05, 4.69) is 0 Å². The molecule has 0 aromatic heterocycles. The van der Waals surface area contributed by atoms with Gasteiger partial charge in [-0.15, -0.1) is 11.8 Å². The predicted octanol–water partition coefficient (Wildman–Crippen LogP) is 1.89. The summed E-state index contributed by atoms with van der Waals surface area (Å²) in [5.74, 6) is -0.577. The number of benzene rings is 1. The Hall–Kier alpha value is -1.69. The average Bonchev–Trinajstić information content (AvgIpc) is 2.83. The normalized spacial score (nSPS) is 22.2. The van der Waals surface area contributed by atoms with Crippen molar-refractivity contribution in [2.24, 2.45) is 5.92 Å². The van der Waals surface area contributed by atoms with E-state index in [-0.39, 0.29) is 17.2 Å². The lowest BCUT2D eigenvalue weighted by molar-refractivity contribution is -0.141. The van der Waals surface area contributed by atoms with Gasteiger partial charge in [0.2, 0.25) is 0 Å². The van der Waals surface area contributed by atoms with Crippen LogP contribution < -0.4 is 5.73 Å². The van der Waals surface area contributed by atoms with Crippen molar-refractivity contribution in [2.75, 3.05) is 11.5 Å². The van der Waals surface area contributed by atoms with E-state index in [1.807, 2.05) is 13.8 Å². The van der Waals surface area contributed by atoms with E-state index in [9.17, 15) is 14.7 Å². The van der Waals surface area contributed by atoms with Crippen molar-refractivity contribution >= 4 is 29.3 Å². The molecule has 1 fully saturated rings. The third-order valence-corrected chi connectivity index (χ3v) is 4.90. The molecule has 0 bridgehead atoms. The maximum absolute atomic E-state index is 12.6. The summed E-state index contributed by atoms with van der Waals surface area (Å²) in [6.07, 6.45) is 0. The van der Waals surface area contributed by atoms with Crippen LogP contribution in [0.3, 0.4) is 0 Å². The minimum absolute atomic E-state index is 0.110. The lowest BCUT2D eigenvalue weighted by atomic mass is 10.1. The van der Waals surface area contributed by atoms with Crippen molar-refractivity contribution in [3.8, 4) is 0 Å². The summed E-state index contributed by atoms with van der Waals surface area (Å²) in [7, 11) is 0. The predicted molar refractivity (Wildman–Crippen MR) is 79.5 cm³/mol. The Morgan fingerprint density at radius 1 is 1.35 bits per heavy atom. The topological polar surface area (TPSA) is 83.6 Å². The van der Waals surface area contributed by atoms with Gasteiger partial charge in [-0.05, 0) is 30.2 Å². The number of carbonyl (C=O) groups excluding carboxylic acids is 1. The fraction of sp³-hybridized carbons (Fsp3) is 0.429. The smallest absolute Gasteiger partial charge is 0.327 e. The highest BCUT2D eigenvalue weighted by Gasteiger charge is 2.43. The van der Waals surface area contributed by atoms with Crippen LogP contribution in [-0.2, 0) is 4.79 Å². The van der Waals surface area contributed by atoms with Crippen LogP contribution in [0.25, 0.3) is 0 Å². The van der Waals surface area contributed by atoms with Gasteiger partial charge in [0, 0.05) is 17.0 Å². The van der Waals surface area contributed by atoms with E-state index < -0.39 is 12.0 Å². The van der Waals surface area contributed by atoms with Gasteiger partial charge >= 0.3 is 5.97 Å². The van der Waals surface area contributed by atoms with Crippen molar-refractivity contribution < 1.29 is 14.7 Å². The standard InChI is InChI=1S/C14H18N2O3S/c1-8(2)13-16(11(7-20-13)14(18)19)12(17)9-3-5-10(15)6-4-9/h3-6,8,11,13H,7,15H2,1-2H3,(H,18,19). The van der Waals surface area contributed by atoms with Crippen LogP contribution >= 0.6 is 11.8 Å². The van der Waals surface area contributed by atoms with Crippen molar-refractivity contribution in [2.45, 2.75) is 25.3 Å². The quantitative estimate of drug-likeness (QED) is 0.832. The number of carboxylic acids is 1. The molecule has 1 saturated heterocycles. The highest BCUT2D eigenvalue weighted by molar-refractivity contribution is 8.00. The molecule has 3 N–H and O–H groups in total. The zero-order valence-corrected chi connectivity index (χ0v) is 12.3. The molecule has 6 heteroatoms. The molecular formula is C14H18N2O3S. The molecule has 0 saturated carbocycles. The van der Waals surface area contributed by atoms with Crippen molar-refractivity contribution in [3.05, 3.63) is 29.8 Å². The Morgan fingerprint density at radius 2 is 1.95 bits per heavy atom. The molecule has 5 nitrogen and oxygen atoms in total. The molecule has 20 heavy (non-hydrogen) atoms. The number of nitrogen functional groups attached to an aromatic ring is 1. The van der Waals surface area contributed by atoms with Gasteiger partial charge in [0.25, 0.3) is 5.91 Å². The van der Waals surface area contributed by atoms with Gasteiger partial charge in [-0.3, -0.25) is 4.79 Å². The molecule has 0 spiro atoms. The summed E-state index contributed by atoms with van der Waals surface area (Å²) in [5.41, 5.74) is 6.66. The summed E-state index contributed by atoms with van der Waals surface area (Å²) >= 11 is 1.52. The molecule has 1 amide bonds. The number of anilines is 1. The lowest BCUT2D eigenvalue weighted by Crippen LogP contribution is -2.47. The molecule has 1 aromatic rings. The zero-order chi connectivity index (χ0) is 14.9. The van der Waals surface area contributed by atoms with E-state index in [1.165, 1.54) is 16.7 Å². The zero-order valence-electron chi connectivity index (χ0n) is 11.4. The minimum Gasteiger partial charge on any atom is -0.480 e. The number of nitrogens with two attached hydrogens (primary N) is 1. The summed E-state index contributed by atoms with van der Waals surface area (Å²) in [4.78, 5) is 25.4. The second-order valence-corrected chi connectivity index (χ2v) is 6.31. The third kappa shape index (κ3) is 2.75. The van der Waals surface area contributed by atoms with Crippen LogP contribution in [0, 0.1) is 5.92 Å². The fourth-order valence-corrected chi connectivity index (χ4v) is 3.73. The summed E-state index contributed by atoms with van der Waals surface area (Å²) < 4.78 is 0. The van der Waals surface area contributed by atoms with Gasteiger partial charge in [0.15, 0.2) is 0 Å². The Kier molecular flexibility index (Phi) is 4.23. The molecule has 2 atom stereocenters. The molecule has 1 aliphatic heterocycles. The van der Waals surface area contributed by atoms with Gasteiger partial charge in [0.1, 0.15) is 6.04 Å². The van der Waals surface area contributed by atoms with E-state index in [1.54, 1.807) is 24.3 Å². The molecule has 108 valence electrons. The van der Waals surface area contributed by atoms with Crippen LogP contribution in [0.2, 0.25) is 0 Å². The van der Waals surface area contributed by atoms with E-state index in [0.717, 1.165) is 0 Å². The molecule has 0 radical (unpaired) electrons. The summed E-state index contributed by atoms with van der Waals surface area (Å²) in [6, 6.07) is 5.80. The SMILES string of the molecule is CC(C)C1SCC(C(=O)O)N1C(=O)c1ccc(N)cc1. The number of carboxylic acid groups (broad SMARTS) is 1. The maximum atomic E-state index is 12.6. The van der Waals surface area contributed by atoms with Crippen LogP contribution in [0.4, 0.5) is 5.69 Å². The number of hydrogen-bond donors (Lipinski definition) is 2. The first-order valence-corrected chi connectivity index (χ1v) is 7.49. The molecule has 2 rings (SSSR count). The van der Waals surface area contributed by atoms with Crippen molar-refractivity contribution in [1.82, 2.24) is 4.90 Å². The Morgan fingerprint density at radius 3 is 2.45 bits per heavy atom. The van der Waals surface area contributed by atoms with Crippen LogP contribution in [0.15, 0.2) is 24.3 Å². The first-order chi connectivity index (χ1) is 9.41. The van der Waals surface area contributed by atoms with Crippen molar-refractivity contribution in [3.63, 3.8) is 0 Å². The highest BCUT2D eigenvalue weighted by Crippen LogP contribution is 2.35. The Bertz CT molecular complexity index is 516. The second-order valence-electron chi connectivity index (χ2n) is 5.16. The molecule has 2 unspecified atom stereocenters. The molecule has 1 aliphatic rings. The second kappa shape index (κ2) is 5.75. The first-order valence-electron chi connectivity index (χ1n) is 6.44. The first kappa shape index (κ1) is 14.7. The van der Waals surface area contributed by atoms with Crippen LogP contribution in [-0.4, -0.2) is 39.1 Å². The van der Waals surface area contributed by atoms with Gasteiger partial charge < -0.3 is 15.7 Å². The minimum atomic E-state index is -0.954.